The number of rotatable bonds is 3. The van der Waals surface area contributed by atoms with E-state index in [9.17, 15) is 14.7 Å². The fraction of sp³-hybridized carbons (Fsp3) is 0.722. The normalized spacial score (nSPS) is 25.0. The van der Waals surface area contributed by atoms with Gasteiger partial charge in [-0.2, -0.15) is 5.10 Å². The number of amides is 2. The highest BCUT2D eigenvalue weighted by molar-refractivity contribution is 5.90. The summed E-state index contributed by atoms with van der Waals surface area (Å²) in [5.74, 6) is -0.723. The van der Waals surface area contributed by atoms with E-state index in [-0.39, 0.29) is 18.5 Å². The number of anilines is 1. The van der Waals surface area contributed by atoms with Crippen molar-refractivity contribution in [2.45, 2.75) is 51.4 Å². The number of aromatic nitrogens is 2. The van der Waals surface area contributed by atoms with Crippen molar-refractivity contribution in [3.63, 3.8) is 0 Å². The molecule has 1 aliphatic heterocycles. The Hall–Kier alpha value is -2.05. The lowest BCUT2D eigenvalue weighted by Gasteiger charge is -2.34. The summed E-state index contributed by atoms with van der Waals surface area (Å²) in [6, 6.07) is -0.220. The summed E-state index contributed by atoms with van der Waals surface area (Å²) in [7, 11) is 1.87. The molecule has 1 aromatic heterocycles. The van der Waals surface area contributed by atoms with Crippen molar-refractivity contribution < 1.29 is 14.7 Å². The van der Waals surface area contributed by atoms with E-state index in [0.717, 1.165) is 24.2 Å². The monoisotopic (exact) mass is 348 g/mol. The Morgan fingerprint density at radius 2 is 1.96 bits per heavy atom. The van der Waals surface area contributed by atoms with Gasteiger partial charge in [0.1, 0.15) is 0 Å². The van der Waals surface area contributed by atoms with E-state index in [0.29, 0.717) is 18.9 Å². The van der Waals surface area contributed by atoms with Crippen LogP contribution < -0.4 is 5.32 Å². The molecule has 2 N–H and O–H groups in total. The molecule has 1 aromatic rings. The Kier molecular flexibility index (Phi) is 5.30. The van der Waals surface area contributed by atoms with Gasteiger partial charge in [0.05, 0.1) is 17.3 Å². The van der Waals surface area contributed by atoms with E-state index in [1.165, 1.54) is 19.3 Å². The third-order valence-corrected chi connectivity index (χ3v) is 5.39. The molecule has 7 nitrogen and oxygen atoms in total. The Balaban J connectivity index is 1.71. The summed E-state index contributed by atoms with van der Waals surface area (Å²) >= 11 is 0. The number of likely N-dealkylation sites (tertiary alicyclic amines) is 1. The van der Waals surface area contributed by atoms with Crippen LogP contribution in [-0.2, 0) is 11.8 Å². The van der Waals surface area contributed by atoms with Crippen molar-refractivity contribution in [1.29, 1.82) is 0 Å². The Bertz CT molecular complexity index is 636. The summed E-state index contributed by atoms with van der Waals surface area (Å²) < 4.78 is 1.75. The molecule has 138 valence electrons. The zero-order valence-electron chi connectivity index (χ0n) is 15.1. The van der Waals surface area contributed by atoms with Gasteiger partial charge in [-0.15, -0.1) is 0 Å². The lowest BCUT2D eigenvalue weighted by atomic mass is 9.86. The minimum atomic E-state index is -0.825. The van der Waals surface area contributed by atoms with Crippen molar-refractivity contribution in [2.24, 2.45) is 18.9 Å². The maximum atomic E-state index is 12.7. The Morgan fingerprint density at radius 1 is 1.24 bits per heavy atom. The predicted octanol–water partition coefficient (Wildman–Crippen LogP) is 3.04. The van der Waals surface area contributed by atoms with Gasteiger partial charge in [-0.1, -0.05) is 26.2 Å². The molecular formula is C18H28N4O3. The van der Waals surface area contributed by atoms with Crippen molar-refractivity contribution in [3.05, 3.63) is 11.9 Å². The molecule has 2 fully saturated rings. The molecule has 2 amide bonds. The Labute approximate surface area is 148 Å². The topological polar surface area (TPSA) is 87.5 Å². The second-order valence-corrected chi connectivity index (χ2v) is 7.65. The summed E-state index contributed by atoms with van der Waals surface area (Å²) in [6.07, 6.45) is 8.39. The summed E-state index contributed by atoms with van der Waals surface area (Å²) in [5, 5.41) is 16.9. The number of aryl methyl sites for hydroxylation is 1. The standard InChI is InChI=1S/C18H28N4O3/c1-12-8-14(17(23)24)10-22(9-12)18(25)19-15-11-21(2)20-16(15)13-6-4-3-5-7-13/h11-14H,3-10H2,1-2H3,(H,19,25)(H,23,24). The van der Waals surface area contributed by atoms with Crippen molar-refractivity contribution >= 4 is 17.7 Å². The number of urea groups is 1. The van der Waals surface area contributed by atoms with Crippen LogP contribution in [0.25, 0.3) is 0 Å². The van der Waals surface area contributed by atoms with Gasteiger partial charge in [0, 0.05) is 32.3 Å². The molecule has 0 radical (unpaired) electrons. The first-order chi connectivity index (χ1) is 11.9. The van der Waals surface area contributed by atoms with E-state index >= 15 is 0 Å². The molecule has 2 atom stereocenters. The van der Waals surface area contributed by atoms with Crippen molar-refractivity contribution in [1.82, 2.24) is 14.7 Å². The van der Waals surface area contributed by atoms with Crippen LogP contribution >= 0.6 is 0 Å². The second-order valence-electron chi connectivity index (χ2n) is 7.65. The van der Waals surface area contributed by atoms with Gasteiger partial charge in [-0.05, 0) is 25.2 Å². The minimum Gasteiger partial charge on any atom is -0.481 e. The molecule has 1 aliphatic carbocycles. The maximum Gasteiger partial charge on any atom is 0.321 e. The molecule has 0 spiro atoms. The van der Waals surface area contributed by atoms with E-state index in [4.69, 9.17) is 0 Å². The van der Waals surface area contributed by atoms with Crippen LogP contribution in [0.15, 0.2) is 6.20 Å². The highest BCUT2D eigenvalue weighted by Gasteiger charge is 2.32. The van der Waals surface area contributed by atoms with Crippen LogP contribution in [0.4, 0.5) is 10.5 Å². The van der Waals surface area contributed by atoms with Gasteiger partial charge >= 0.3 is 12.0 Å². The molecule has 2 heterocycles. The minimum absolute atomic E-state index is 0.187. The quantitative estimate of drug-likeness (QED) is 0.879. The SMILES string of the molecule is CC1CC(C(=O)O)CN(C(=O)Nc2cn(C)nc2C2CCCCC2)C1. The summed E-state index contributed by atoms with van der Waals surface area (Å²) in [6.45, 7) is 2.85. The number of aliphatic carboxylic acids is 1. The van der Waals surface area contributed by atoms with E-state index in [1.807, 2.05) is 20.2 Å². The molecule has 0 aromatic carbocycles. The average molecular weight is 348 g/mol. The summed E-state index contributed by atoms with van der Waals surface area (Å²) in [5.41, 5.74) is 1.74. The number of carbonyl (C=O) groups is 2. The number of piperidine rings is 1. The van der Waals surface area contributed by atoms with Crippen LogP contribution in [0.3, 0.4) is 0 Å². The number of hydrogen-bond donors (Lipinski definition) is 2. The molecule has 1 saturated carbocycles. The van der Waals surface area contributed by atoms with Crippen LogP contribution in [0.2, 0.25) is 0 Å². The zero-order chi connectivity index (χ0) is 18.0. The number of nitrogens with zero attached hydrogens (tertiary/aromatic N) is 3. The molecule has 0 bridgehead atoms. The third kappa shape index (κ3) is 4.14. The van der Waals surface area contributed by atoms with Crippen molar-refractivity contribution in [2.75, 3.05) is 18.4 Å². The van der Waals surface area contributed by atoms with Gasteiger partial charge < -0.3 is 15.3 Å². The van der Waals surface area contributed by atoms with Crippen LogP contribution in [0, 0.1) is 11.8 Å². The maximum absolute atomic E-state index is 12.7. The first-order valence-corrected chi connectivity index (χ1v) is 9.26. The van der Waals surface area contributed by atoms with E-state index in [2.05, 4.69) is 10.4 Å². The first-order valence-electron chi connectivity index (χ1n) is 9.26. The van der Waals surface area contributed by atoms with E-state index < -0.39 is 11.9 Å². The highest BCUT2D eigenvalue weighted by atomic mass is 16.4. The van der Waals surface area contributed by atoms with Gasteiger partial charge in [0.2, 0.25) is 0 Å². The molecule has 2 unspecified atom stereocenters. The summed E-state index contributed by atoms with van der Waals surface area (Å²) in [4.78, 5) is 25.7. The van der Waals surface area contributed by atoms with Gasteiger partial charge in [0.15, 0.2) is 0 Å². The number of hydrogen-bond acceptors (Lipinski definition) is 3. The molecule has 2 aliphatic rings. The predicted molar refractivity (Wildman–Crippen MR) is 94.5 cm³/mol. The van der Waals surface area contributed by atoms with Crippen LogP contribution in [-0.4, -0.2) is 44.9 Å². The molecule has 3 rings (SSSR count). The Morgan fingerprint density at radius 3 is 2.64 bits per heavy atom. The number of carboxylic acid groups (broad SMARTS) is 1. The third-order valence-electron chi connectivity index (χ3n) is 5.39. The van der Waals surface area contributed by atoms with Gasteiger partial charge in [-0.3, -0.25) is 9.48 Å². The highest BCUT2D eigenvalue weighted by Crippen LogP contribution is 2.35. The van der Waals surface area contributed by atoms with Gasteiger partial charge in [-0.25, -0.2) is 4.79 Å². The molecular weight excluding hydrogens is 320 g/mol. The fourth-order valence-corrected chi connectivity index (χ4v) is 4.17. The largest absolute Gasteiger partial charge is 0.481 e. The molecule has 25 heavy (non-hydrogen) atoms. The second kappa shape index (κ2) is 7.45. The van der Waals surface area contributed by atoms with Crippen molar-refractivity contribution in [3.8, 4) is 0 Å². The molecule has 7 heteroatoms. The number of carbonyl (C=O) groups excluding carboxylic acids is 1. The van der Waals surface area contributed by atoms with Gasteiger partial charge in [0.25, 0.3) is 0 Å². The smallest absolute Gasteiger partial charge is 0.321 e. The zero-order valence-corrected chi connectivity index (χ0v) is 15.1. The fourth-order valence-electron chi connectivity index (χ4n) is 4.17. The molecule has 1 saturated heterocycles. The number of carboxylic acids is 1. The van der Waals surface area contributed by atoms with E-state index in [1.54, 1.807) is 9.58 Å². The lowest BCUT2D eigenvalue weighted by molar-refractivity contribution is -0.143. The average Bonchev–Trinajstić information content (AvgIpc) is 2.95. The van der Waals surface area contributed by atoms with Crippen LogP contribution in [0.5, 0.6) is 0 Å². The lowest BCUT2D eigenvalue weighted by Crippen LogP contribution is -2.47. The first kappa shape index (κ1) is 17.8. The number of nitrogens with one attached hydrogen (secondary N) is 1. The van der Waals surface area contributed by atoms with Crippen LogP contribution in [0.1, 0.15) is 57.1 Å².